The Kier molecular flexibility index (Phi) is 7.18. The van der Waals surface area contributed by atoms with Gasteiger partial charge in [-0.1, -0.05) is 53.7 Å². The zero-order valence-electron chi connectivity index (χ0n) is 15.7. The number of amides is 1. The molecule has 2 N–H and O–H groups in total. The maximum absolute atomic E-state index is 12.1. The van der Waals surface area contributed by atoms with Gasteiger partial charge in [0.2, 0.25) is 11.1 Å². The molecule has 0 aliphatic rings. The summed E-state index contributed by atoms with van der Waals surface area (Å²) in [5.41, 5.74) is 3.01. The number of hydrogen-bond donors (Lipinski definition) is 2. The van der Waals surface area contributed by atoms with E-state index in [0.29, 0.717) is 23.9 Å². The molecule has 0 radical (unpaired) electrons. The van der Waals surface area contributed by atoms with Crippen molar-refractivity contribution in [3.63, 3.8) is 0 Å². The van der Waals surface area contributed by atoms with Gasteiger partial charge in [0, 0.05) is 12.1 Å². The SMILES string of the molecule is Cc1ccc(-c2nc(SCC(=O)NCCc3ccc(OC(F)F)cc3)n[nH]2)cc1. The summed E-state index contributed by atoms with van der Waals surface area (Å²) in [6.45, 7) is -0.382. The molecule has 0 bridgehead atoms. The van der Waals surface area contributed by atoms with Gasteiger partial charge in [0.15, 0.2) is 5.82 Å². The van der Waals surface area contributed by atoms with Gasteiger partial charge in [-0.15, -0.1) is 5.10 Å². The number of aromatic amines is 1. The minimum absolute atomic E-state index is 0.112. The van der Waals surface area contributed by atoms with Crippen LogP contribution in [0.3, 0.4) is 0 Å². The Balaban J connectivity index is 1.39. The van der Waals surface area contributed by atoms with Crippen LogP contribution in [0.2, 0.25) is 0 Å². The number of hydrogen-bond acceptors (Lipinski definition) is 5. The van der Waals surface area contributed by atoms with E-state index in [9.17, 15) is 13.6 Å². The molecule has 0 aliphatic heterocycles. The summed E-state index contributed by atoms with van der Waals surface area (Å²) in [6.07, 6.45) is 0.587. The van der Waals surface area contributed by atoms with Crippen molar-refractivity contribution < 1.29 is 18.3 Å². The highest BCUT2D eigenvalue weighted by Gasteiger charge is 2.09. The first kappa shape index (κ1) is 20.8. The van der Waals surface area contributed by atoms with Crippen LogP contribution in [0.25, 0.3) is 11.4 Å². The average molecular weight is 418 g/mol. The number of nitrogens with one attached hydrogen (secondary N) is 2. The number of rotatable bonds is 9. The summed E-state index contributed by atoms with van der Waals surface area (Å²) >= 11 is 1.25. The number of benzene rings is 2. The zero-order chi connectivity index (χ0) is 20.6. The van der Waals surface area contributed by atoms with Crippen LogP contribution in [0.5, 0.6) is 5.75 Å². The Morgan fingerprint density at radius 1 is 1.17 bits per heavy atom. The normalized spacial score (nSPS) is 10.9. The molecule has 0 atom stereocenters. The molecule has 3 rings (SSSR count). The number of alkyl halides is 2. The number of H-pyrrole nitrogens is 1. The zero-order valence-corrected chi connectivity index (χ0v) is 16.5. The van der Waals surface area contributed by atoms with Gasteiger partial charge in [0.05, 0.1) is 5.75 Å². The number of halogens is 2. The van der Waals surface area contributed by atoms with E-state index >= 15 is 0 Å². The van der Waals surface area contributed by atoms with Crippen LogP contribution in [0, 0.1) is 6.92 Å². The molecule has 0 unspecified atom stereocenters. The van der Waals surface area contributed by atoms with Crippen molar-refractivity contribution in [2.24, 2.45) is 0 Å². The van der Waals surface area contributed by atoms with Crippen molar-refractivity contribution in [2.45, 2.75) is 25.1 Å². The summed E-state index contributed by atoms with van der Waals surface area (Å²) in [7, 11) is 0. The van der Waals surface area contributed by atoms with Crippen LogP contribution in [0.15, 0.2) is 53.7 Å². The van der Waals surface area contributed by atoms with Crippen LogP contribution in [-0.2, 0) is 11.2 Å². The molecule has 9 heteroatoms. The summed E-state index contributed by atoms with van der Waals surface area (Å²) in [4.78, 5) is 16.4. The lowest BCUT2D eigenvalue weighted by molar-refractivity contribution is -0.118. The van der Waals surface area contributed by atoms with Crippen LogP contribution < -0.4 is 10.1 Å². The molecule has 1 amide bonds. The van der Waals surface area contributed by atoms with Gasteiger partial charge in [-0.2, -0.15) is 8.78 Å². The van der Waals surface area contributed by atoms with Crippen molar-refractivity contribution in [1.82, 2.24) is 20.5 Å². The van der Waals surface area contributed by atoms with E-state index < -0.39 is 6.61 Å². The first-order valence-electron chi connectivity index (χ1n) is 8.92. The first-order chi connectivity index (χ1) is 14.0. The van der Waals surface area contributed by atoms with Gasteiger partial charge >= 0.3 is 6.61 Å². The fraction of sp³-hybridized carbons (Fsp3) is 0.250. The van der Waals surface area contributed by atoms with Crippen molar-refractivity contribution in [3.05, 3.63) is 59.7 Å². The molecule has 29 heavy (non-hydrogen) atoms. The predicted octanol–water partition coefficient (Wildman–Crippen LogP) is 3.83. The molecule has 6 nitrogen and oxygen atoms in total. The molecular weight excluding hydrogens is 398 g/mol. The second-order valence-corrected chi connectivity index (χ2v) is 7.19. The Morgan fingerprint density at radius 3 is 2.59 bits per heavy atom. The summed E-state index contributed by atoms with van der Waals surface area (Å²) in [5, 5.41) is 10.3. The van der Waals surface area contributed by atoms with Gasteiger partial charge < -0.3 is 10.1 Å². The molecule has 0 aliphatic carbocycles. The van der Waals surface area contributed by atoms with Crippen LogP contribution in [-0.4, -0.2) is 40.0 Å². The van der Waals surface area contributed by atoms with Crippen LogP contribution >= 0.6 is 11.8 Å². The van der Waals surface area contributed by atoms with Crippen LogP contribution in [0.4, 0.5) is 8.78 Å². The summed E-state index contributed by atoms with van der Waals surface area (Å²) in [5.74, 6) is 0.842. The van der Waals surface area contributed by atoms with Crippen molar-refractivity contribution in [2.75, 3.05) is 12.3 Å². The van der Waals surface area contributed by atoms with E-state index in [1.807, 2.05) is 31.2 Å². The maximum Gasteiger partial charge on any atom is 0.387 e. The highest BCUT2D eigenvalue weighted by atomic mass is 32.2. The summed E-state index contributed by atoms with van der Waals surface area (Å²) in [6, 6.07) is 14.3. The number of carbonyl (C=O) groups excluding carboxylic acids is 1. The Bertz CT molecular complexity index is 930. The van der Waals surface area contributed by atoms with E-state index in [1.165, 1.54) is 23.9 Å². The lowest BCUT2D eigenvalue weighted by Gasteiger charge is -2.07. The maximum atomic E-state index is 12.1. The molecule has 0 fully saturated rings. The highest BCUT2D eigenvalue weighted by Crippen LogP contribution is 2.19. The summed E-state index contributed by atoms with van der Waals surface area (Å²) < 4.78 is 28.6. The van der Waals surface area contributed by atoms with Crippen molar-refractivity contribution >= 4 is 17.7 Å². The number of aromatic nitrogens is 3. The standard InChI is InChI=1S/C20H20F2N4O2S/c1-13-2-6-15(7-3-13)18-24-20(26-25-18)29-12-17(27)23-11-10-14-4-8-16(9-5-14)28-19(21)22/h2-9,19H,10-12H2,1H3,(H,23,27)(H,24,25,26). The fourth-order valence-electron chi connectivity index (χ4n) is 2.52. The second-order valence-electron chi connectivity index (χ2n) is 6.24. The minimum atomic E-state index is -2.84. The van der Waals surface area contributed by atoms with E-state index in [2.05, 4.69) is 25.2 Å². The second kappa shape index (κ2) is 10.0. The number of carbonyl (C=O) groups is 1. The monoisotopic (exact) mass is 418 g/mol. The average Bonchev–Trinajstić information content (AvgIpc) is 3.17. The third-order valence-corrected chi connectivity index (χ3v) is 4.85. The molecule has 0 spiro atoms. The smallest absolute Gasteiger partial charge is 0.387 e. The predicted molar refractivity (Wildman–Crippen MR) is 107 cm³/mol. The molecule has 2 aromatic carbocycles. The van der Waals surface area contributed by atoms with Crippen molar-refractivity contribution in [1.29, 1.82) is 0 Å². The molecule has 1 aromatic heterocycles. The Labute approximate surface area is 171 Å². The quantitative estimate of drug-likeness (QED) is 0.516. The van der Waals surface area contributed by atoms with E-state index in [-0.39, 0.29) is 17.4 Å². The van der Waals surface area contributed by atoms with Gasteiger partial charge in [0.1, 0.15) is 5.75 Å². The molecule has 0 saturated heterocycles. The highest BCUT2D eigenvalue weighted by molar-refractivity contribution is 7.99. The largest absolute Gasteiger partial charge is 0.435 e. The number of thioether (sulfide) groups is 1. The fourth-order valence-corrected chi connectivity index (χ4v) is 3.14. The minimum Gasteiger partial charge on any atom is -0.435 e. The Hall–Kier alpha value is -2.94. The Morgan fingerprint density at radius 2 is 1.90 bits per heavy atom. The molecule has 1 heterocycles. The van der Waals surface area contributed by atoms with E-state index in [4.69, 9.17) is 0 Å². The van der Waals surface area contributed by atoms with E-state index in [1.54, 1.807) is 12.1 Å². The topological polar surface area (TPSA) is 79.9 Å². The van der Waals surface area contributed by atoms with E-state index in [0.717, 1.165) is 16.7 Å². The van der Waals surface area contributed by atoms with Crippen LogP contribution in [0.1, 0.15) is 11.1 Å². The van der Waals surface area contributed by atoms with Gasteiger partial charge in [0.25, 0.3) is 0 Å². The first-order valence-corrected chi connectivity index (χ1v) is 9.91. The third kappa shape index (κ3) is 6.56. The van der Waals surface area contributed by atoms with Crippen molar-refractivity contribution in [3.8, 4) is 17.1 Å². The van der Waals surface area contributed by atoms with Gasteiger partial charge in [-0.3, -0.25) is 9.89 Å². The lowest BCUT2D eigenvalue weighted by Crippen LogP contribution is -2.27. The molecular formula is C20H20F2N4O2S. The molecule has 152 valence electrons. The number of aryl methyl sites for hydroxylation is 1. The van der Waals surface area contributed by atoms with Gasteiger partial charge in [-0.05, 0) is 31.0 Å². The third-order valence-electron chi connectivity index (χ3n) is 4.01. The molecule has 0 saturated carbocycles. The number of ether oxygens (including phenoxy) is 1. The molecule has 3 aromatic rings. The lowest BCUT2D eigenvalue weighted by atomic mass is 10.1. The number of nitrogens with zero attached hydrogens (tertiary/aromatic N) is 2. The van der Waals surface area contributed by atoms with Gasteiger partial charge in [-0.25, -0.2) is 4.98 Å².